The molecule has 0 aromatic heterocycles. The van der Waals surface area contributed by atoms with E-state index in [0.717, 1.165) is 96.3 Å². The summed E-state index contributed by atoms with van der Waals surface area (Å²) in [5.74, 6) is -0.895. The van der Waals surface area contributed by atoms with E-state index < -0.39 is 6.10 Å². The number of rotatable bonds is 55. The Morgan fingerprint density at radius 3 is 0.843 bits per heavy atom. The number of hydrogen-bond donors (Lipinski definition) is 0. The lowest BCUT2D eigenvalue weighted by atomic mass is 10.0. The Bertz CT molecular complexity index is 1260. The highest BCUT2D eigenvalue weighted by molar-refractivity contribution is 5.71. The van der Waals surface area contributed by atoms with Gasteiger partial charge in [-0.3, -0.25) is 14.4 Å². The van der Waals surface area contributed by atoms with Crippen LogP contribution in [0.5, 0.6) is 0 Å². The molecule has 0 rings (SSSR count). The van der Waals surface area contributed by atoms with Crippen molar-refractivity contribution in [2.75, 3.05) is 13.2 Å². The van der Waals surface area contributed by atoms with Crippen LogP contribution < -0.4 is 0 Å². The van der Waals surface area contributed by atoms with E-state index in [2.05, 4.69) is 81.5 Å². The van der Waals surface area contributed by atoms with E-state index in [-0.39, 0.29) is 31.1 Å². The molecular formula is C64H114O6. The number of ether oxygens (including phenoxy) is 3. The summed E-state index contributed by atoms with van der Waals surface area (Å²) >= 11 is 0. The highest BCUT2D eigenvalue weighted by atomic mass is 16.6. The molecular weight excluding hydrogens is 865 g/mol. The van der Waals surface area contributed by atoms with E-state index >= 15 is 0 Å². The molecule has 406 valence electrons. The molecule has 6 heteroatoms. The Morgan fingerprint density at radius 1 is 0.286 bits per heavy atom. The zero-order valence-corrected chi connectivity index (χ0v) is 46.5. The average molecular weight is 980 g/mol. The van der Waals surface area contributed by atoms with Crippen LogP contribution in [0.3, 0.4) is 0 Å². The van der Waals surface area contributed by atoms with Crippen LogP contribution in [0.4, 0.5) is 0 Å². The first kappa shape index (κ1) is 67.1. The Kier molecular flexibility index (Phi) is 56.3. The van der Waals surface area contributed by atoms with Crippen LogP contribution in [0.25, 0.3) is 0 Å². The van der Waals surface area contributed by atoms with E-state index in [4.69, 9.17) is 14.2 Å². The van der Waals surface area contributed by atoms with Gasteiger partial charge >= 0.3 is 17.9 Å². The van der Waals surface area contributed by atoms with Crippen molar-refractivity contribution in [1.29, 1.82) is 0 Å². The molecule has 0 aromatic carbocycles. The van der Waals surface area contributed by atoms with Crippen molar-refractivity contribution in [2.24, 2.45) is 0 Å². The zero-order valence-electron chi connectivity index (χ0n) is 46.5. The van der Waals surface area contributed by atoms with Crippen molar-refractivity contribution >= 4 is 17.9 Å². The third kappa shape index (κ3) is 56.0. The maximum Gasteiger partial charge on any atom is 0.306 e. The third-order valence-electron chi connectivity index (χ3n) is 13.2. The minimum atomic E-state index is -0.783. The van der Waals surface area contributed by atoms with Crippen molar-refractivity contribution in [3.8, 4) is 0 Å². The lowest BCUT2D eigenvalue weighted by Crippen LogP contribution is -2.30. The number of carbonyl (C=O) groups excluding carboxylic acids is 3. The van der Waals surface area contributed by atoms with Gasteiger partial charge in [-0.15, -0.1) is 0 Å². The fourth-order valence-electron chi connectivity index (χ4n) is 8.59. The summed E-state index contributed by atoms with van der Waals surface area (Å²) in [5.41, 5.74) is 0. The van der Waals surface area contributed by atoms with Gasteiger partial charge in [0.25, 0.3) is 0 Å². The molecule has 0 bridgehead atoms. The minimum Gasteiger partial charge on any atom is -0.462 e. The molecule has 0 aliphatic carbocycles. The maximum atomic E-state index is 12.8. The summed E-state index contributed by atoms with van der Waals surface area (Å²) in [6.07, 6.45) is 73.7. The second-order valence-electron chi connectivity index (χ2n) is 20.2. The SMILES string of the molecule is CCCC/C=C\C/C=C\CCCCCCCC(=O)OC(COC(=O)CCCCCCC/C=C\CCCC)COC(=O)CCCCCCCCCCCCCCCCC/C=C\C/C=C\CCCCCCC. The largest absolute Gasteiger partial charge is 0.462 e. The molecule has 0 amide bonds. The molecule has 1 atom stereocenters. The van der Waals surface area contributed by atoms with E-state index in [0.29, 0.717) is 19.3 Å². The number of esters is 3. The maximum absolute atomic E-state index is 12.8. The quantitative estimate of drug-likeness (QED) is 0.0261. The van der Waals surface area contributed by atoms with E-state index in [1.807, 2.05) is 0 Å². The Labute approximate surface area is 434 Å². The number of unbranched alkanes of at least 4 members (excludes halogenated alkanes) is 34. The minimum absolute atomic E-state index is 0.0809. The van der Waals surface area contributed by atoms with Gasteiger partial charge in [0.1, 0.15) is 13.2 Å². The average Bonchev–Trinajstić information content (AvgIpc) is 3.36. The highest BCUT2D eigenvalue weighted by Crippen LogP contribution is 2.16. The van der Waals surface area contributed by atoms with Crippen LogP contribution in [-0.2, 0) is 28.6 Å². The van der Waals surface area contributed by atoms with Crippen molar-refractivity contribution in [2.45, 2.75) is 316 Å². The fourth-order valence-corrected chi connectivity index (χ4v) is 8.59. The molecule has 0 heterocycles. The molecule has 0 aromatic rings. The molecule has 1 unspecified atom stereocenters. The van der Waals surface area contributed by atoms with Gasteiger partial charge in [0, 0.05) is 19.3 Å². The summed E-state index contributed by atoms with van der Waals surface area (Å²) in [6, 6.07) is 0. The Morgan fingerprint density at radius 2 is 0.529 bits per heavy atom. The lowest BCUT2D eigenvalue weighted by Gasteiger charge is -2.18. The van der Waals surface area contributed by atoms with Gasteiger partial charge in [-0.05, 0) is 96.3 Å². The molecule has 0 aliphatic rings. The van der Waals surface area contributed by atoms with Gasteiger partial charge in [0.15, 0.2) is 6.10 Å². The Hall–Kier alpha value is -2.89. The zero-order chi connectivity index (χ0) is 50.7. The second kappa shape index (κ2) is 58.7. The molecule has 0 spiro atoms. The number of carbonyl (C=O) groups is 3. The van der Waals surface area contributed by atoms with Crippen molar-refractivity contribution < 1.29 is 28.6 Å². The van der Waals surface area contributed by atoms with Gasteiger partial charge in [0.05, 0.1) is 0 Å². The second-order valence-corrected chi connectivity index (χ2v) is 20.2. The van der Waals surface area contributed by atoms with Crippen molar-refractivity contribution in [1.82, 2.24) is 0 Å². The monoisotopic (exact) mass is 979 g/mol. The van der Waals surface area contributed by atoms with Crippen LogP contribution >= 0.6 is 0 Å². The molecule has 0 aliphatic heterocycles. The van der Waals surface area contributed by atoms with Gasteiger partial charge in [-0.1, -0.05) is 255 Å². The van der Waals surface area contributed by atoms with E-state index in [9.17, 15) is 14.4 Å². The highest BCUT2D eigenvalue weighted by Gasteiger charge is 2.19. The van der Waals surface area contributed by atoms with Gasteiger partial charge < -0.3 is 14.2 Å². The fraction of sp³-hybridized carbons (Fsp3) is 0.797. The van der Waals surface area contributed by atoms with Crippen molar-refractivity contribution in [3.05, 3.63) is 60.8 Å². The molecule has 6 nitrogen and oxygen atoms in total. The summed E-state index contributed by atoms with van der Waals surface area (Å²) < 4.78 is 16.8. The summed E-state index contributed by atoms with van der Waals surface area (Å²) in [6.45, 7) is 6.56. The van der Waals surface area contributed by atoms with Crippen LogP contribution in [0.1, 0.15) is 310 Å². The third-order valence-corrected chi connectivity index (χ3v) is 13.2. The predicted molar refractivity (Wildman–Crippen MR) is 302 cm³/mol. The van der Waals surface area contributed by atoms with Crippen LogP contribution in [0.15, 0.2) is 60.8 Å². The van der Waals surface area contributed by atoms with Gasteiger partial charge in [-0.2, -0.15) is 0 Å². The molecule has 0 saturated carbocycles. The van der Waals surface area contributed by atoms with Gasteiger partial charge in [0.2, 0.25) is 0 Å². The molecule has 0 N–H and O–H groups in total. The van der Waals surface area contributed by atoms with Crippen LogP contribution in [-0.4, -0.2) is 37.2 Å². The Balaban J connectivity index is 4.19. The topological polar surface area (TPSA) is 78.9 Å². The predicted octanol–water partition coefficient (Wildman–Crippen LogP) is 20.4. The lowest BCUT2D eigenvalue weighted by molar-refractivity contribution is -0.167. The van der Waals surface area contributed by atoms with Crippen LogP contribution in [0, 0.1) is 0 Å². The standard InChI is InChI=1S/C64H114O6/c1-4-7-10-13-16-19-22-24-26-27-28-29-30-31-32-33-34-35-36-37-38-40-42-45-48-51-54-57-63(66)69-60-61(59-68-62(65)56-53-50-47-44-41-21-18-15-12-9-6-3)70-64(67)58-55-52-49-46-43-39-25-23-20-17-14-11-8-5-2/h14-15,17-18,22-25,27-28,61H,4-13,16,19-21,26,29-60H2,1-3H3/b17-14-,18-15-,24-22-,25-23-,28-27-. The summed E-state index contributed by atoms with van der Waals surface area (Å²) in [5, 5.41) is 0. The normalized spacial score (nSPS) is 12.4. The first-order valence-electron chi connectivity index (χ1n) is 30.3. The summed E-state index contributed by atoms with van der Waals surface area (Å²) in [7, 11) is 0. The molecule has 70 heavy (non-hydrogen) atoms. The number of allylic oxidation sites excluding steroid dienone is 10. The van der Waals surface area contributed by atoms with E-state index in [1.165, 1.54) is 173 Å². The van der Waals surface area contributed by atoms with Gasteiger partial charge in [-0.25, -0.2) is 0 Å². The molecule has 0 radical (unpaired) electrons. The van der Waals surface area contributed by atoms with Crippen molar-refractivity contribution in [3.63, 3.8) is 0 Å². The first-order valence-corrected chi connectivity index (χ1v) is 30.3. The van der Waals surface area contributed by atoms with E-state index in [1.54, 1.807) is 0 Å². The first-order chi connectivity index (χ1) is 34.5. The van der Waals surface area contributed by atoms with Crippen LogP contribution in [0.2, 0.25) is 0 Å². The summed E-state index contributed by atoms with van der Waals surface area (Å²) in [4.78, 5) is 38.1. The smallest absolute Gasteiger partial charge is 0.306 e. The molecule has 0 saturated heterocycles. The molecule has 0 fully saturated rings. The number of hydrogen-bond acceptors (Lipinski definition) is 6.